The van der Waals surface area contributed by atoms with E-state index in [9.17, 15) is 9.18 Å². The van der Waals surface area contributed by atoms with Crippen molar-refractivity contribution in [2.45, 2.75) is 0 Å². The van der Waals surface area contributed by atoms with Crippen LogP contribution in [-0.4, -0.2) is 15.2 Å². The number of rotatable bonds is 1. The summed E-state index contributed by atoms with van der Waals surface area (Å²) in [6, 6.07) is 4.22. The lowest BCUT2D eigenvalue weighted by Gasteiger charge is -2.01. The fourth-order valence-electron chi connectivity index (χ4n) is 1.37. The third-order valence-corrected chi connectivity index (χ3v) is 2.25. The number of halogens is 2. The molecule has 0 saturated heterocycles. The van der Waals surface area contributed by atoms with Crippen LogP contribution in [0.3, 0.4) is 0 Å². The molecule has 0 atom stereocenters. The van der Waals surface area contributed by atoms with E-state index in [0.29, 0.717) is 5.39 Å². The van der Waals surface area contributed by atoms with E-state index in [2.05, 4.69) is 0 Å². The lowest BCUT2D eigenvalue weighted by Crippen LogP contribution is -2.02. The highest BCUT2D eigenvalue weighted by Gasteiger charge is 2.17. The minimum Gasteiger partial charge on any atom is -0.478 e. The molecule has 14 heavy (non-hydrogen) atoms. The Bertz CT molecular complexity index is 521. The fraction of sp³-hybridized carbons (Fsp3) is 0. The van der Waals surface area contributed by atoms with Crippen LogP contribution in [0.4, 0.5) is 4.39 Å². The largest absolute Gasteiger partial charge is 0.478 e. The summed E-state index contributed by atoms with van der Waals surface area (Å²) in [7, 11) is 0. The Labute approximate surface area is 83.4 Å². The molecular formula is C9H5ClFNO2. The van der Waals surface area contributed by atoms with Crippen LogP contribution < -0.4 is 0 Å². The van der Waals surface area contributed by atoms with E-state index in [4.69, 9.17) is 16.9 Å². The molecule has 0 unspecified atom stereocenters. The SMILES string of the molecule is O=C(O)c1c(F)ccc2ccn(Cl)c12. The number of aromatic carboxylic acids is 1. The summed E-state index contributed by atoms with van der Waals surface area (Å²) in [5.41, 5.74) is -0.221. The number of fused-ring (bicyclic) bond motifs is 1. The number of aromatic nitrogens is 1. The number of hydrogen-bond acceptors (Lipinski definition) is 1. The van der Waals surface area contributed by atoms with Gasteiger partial charge in [0.25, 0.3) is 0 Å². The number of hydrogen-bond donors (Lipinski definition) is 1. The van der Waals surface area contributed by atoms with Crippen molar-refractivity contribution in [3.63, 3.8) is 0 Å². The molecule has 0 aliphatic rings. The first-order valence-electron chi connectivity index (χ1n) is 3.80. The van der Waals surface area contributed by atoms with Gasteiger partial charge in [0, 0.05) is 23.4 Å². The lowest BCUT2D eigenvalue weighted by molar-refractivity contribution is 0.0694. The molecule has 1 heterocycles. The number of nitrogens with zero attached hydrogens (tertiary/aromatic N) is 1. The number of carbonyl (C=O) groups is 1. The molecule has 72 valence electrons. The number of carboxylic acids is 1. The van der Waals surface area contributed by atoms with Crippen LogP contribution in [0, 0.1) is 5.82 Å². The molecule has 0 amide bonds. The highest BCUT2D eigenvalue weighted by molar-refractivity contribution is 6.21. The molecule has 0 bridgehead atoms. The molecule has 3 nitrogen and oxygen atoms in total. The van der Waals surface area contributed by atoms with Gasteiger partial charge in [-0.1, -0.05) is 0 Å². The fourth-order valence-corrected chi connectivity index (χ4v) is 1.61. The van der Waals surface area contributed by atoms with E-state index < -0.39 is 17.3 Å². The van der Waals surface area contributed by atoms with E-state index in [0.717, 1.165) is 10.2 Å². The van der Waals surface area contributed by atoms with Crippen molar-refractivity contribution < 1.29 is 14.3 Å². The topological polar surface area (TPSA) is 42.2 Å². The highest BCUT2D eigenvalue weighted by Crippen LogP contribution is 2.23. The van der Waals surface area contributed by atoms with Gasteiger partial charge in [-0.3, -0.25) is 4.09 Å². The zero-order valence-electron chi connectivity index (χ0n) is 6.87. The minimum atomic E-state index is -1.33. The van der Waals surface area contributed by atoms with Gasteiger partial charge >= 0.3 is 5.97 Å². The Morgan fingerprint density at radius 2 is 2.14 bits per heavy atom. The first-order chi connectivity index (χ1) is 6.61. The van der Waals surface area contributed by atoms with Crippen molar-refractivity contribution in [2.24, 2.45) is 0 Å². The zero-order valence-corrected chi connectivity index (χ0v) is 7.62. The minimum absolute atomic E-state index is 0.180. The van der Waals surface area contributed by atoms with E-state index >= 15 is 0 Å². The summed E-state index contributed by atoms with van der Waals surface area (Å²) in [4.78, 5) is 10.8. The van der Waals surface area contributed by atoms with Crippen molar-refractivity contribution in [1.82, 2.24) is 4.09 Å². The lowest BCUT2D eigenvalue weighted by atomic mass is 10.1. The number of carboxylic acid groups (broad SMARTS) is 1. The third-order valence-electron chi connectivity index (χ3n) is 1.97. The Hall–Kier alpha value is -1.55. The van der Waals surface area contributed by atoms with E-state index in [-0.39, 0.29) is 5.52 Å². The van der Waals surface area contributed by atoms with Gasteiger partial charge in [0.1, 0.15) is 11.4 Å². The molecule has 1 aromatic heterocycles. The Balaban J connectivity index is 2.94. The second-order valence-corrected chi connectivity index (χ2v) is 3.16. The quantitative estimate of drug-likeness (QED) is 0.791. The monoisotopic (exact) mass is 213 g/mol. The molecule has 0 radical (unpaired) electrons. The second-order valence-electron chi connectivity index (χ2n) is 2.79. The van der Waals surface area contributed by atoms with Gasteiger partial charge in [0.15, 0.2) is 0 Å². The maximum absolute atomic E-state index is 13.2. The summed E-state index contributed by atoms with van der Waals surface area (Å²) in [6.07, 6.45) is 1.47. The molecule has 1 N–H and O–H groups in total. The molecule has 2 aromatic rings. The van der Waals surface area contributed by atoms with E-state index in [1.807, 2.05) is 0 Å². The van der Waals surface area contributed by atoms with Gasteiger partial charge in [-0.05, 0) is 18.2 Å². The summed E-state index contributed by atoms with van der Waals surface area (Å²) in [6.45, 7) is 0. The van der Waals surface area contributed by atoms with E-state index in [1.54, 1.807) is 6.07 Å². The predicted molar refractivity (Wildman–Crippen MR) is 50.1 cm³/mol. The van der Waals surface area contributed by atoms with Crippen molar-refractivity contribution in [2.75, 3.05) is 0 Å². The van der Waals surface area contributed by atoms with Crippen LogP contribution in [-0.2, 0) is 0 Å². The summed E-state index contributed by atoms with van der Waals surface area (Å²) in [5.74, 6) is -2.11. The van der Waals surface area contributed by atoms with Crippen LogP contribution in [0.5, 0.6) is 0 Å². The van der Waals surface area contributed by atoms with E-state index in [1.165, 1.54) is 12.3 Å². The smallest absolute Gasteiger partial charge is 0.340 e. The molecule has 0 spiro atoms. The Morgan fingerprint density at radius 3 is 2.79 bits per heavy atom. The van der Waals surface area contributed by atoms with Gasteiger partial charge in [0.2, 0.25) is 0 Å². The molecular weight excluding hydrogens is 209 g/mol. The van der Waals surface area contributed by atoms with Gasteiger partial charge in [-0.15, -0.1) is 0 Å². The van der Waals surface area contributed by atoms with Crippen LogP contribution in [0.15, 0.2) is 24.4 Å². The average Bonchev–Trinajstić information content (AvgIpc) is 2.47. The number of benzene rings is 1. The van der Waals surface area contributed by atoms with Crippen LogP contribution in [0.1, 0.15) is 10.4 Å². The Morgan fingerprint density at radius 1 is 1.43 bits per heavy atom. The Kier molecular flexibility index (Phi) is 1.93. The summed E-state index contributed by atoms with van der Waals surface area (Å²) in [5, 5.41) is 9.39. The van der Waals surface area contributed by atoms with Crippen LogP contribution in [0.25, 0.3) is 10.9 Å². The van der Waals surface area contributed by atoms with Crippen molar-refractivity contribution >= 4 is 28.6 Å². The molecule has 5 heteroatoms. The maximum Gasteiger partial charge on any atom is 0.340 e. The standard InChI is InChI=1S/C9H5ClFNO2/c10-12-4-3-5-1-2-6(11)7(8(5)12)9(13)14/h1-4H,(H,13,14). The molecule has 2 rings (SSSR count). The van der Waals surface area contributed by atoms with Gasteiger partial charge in [-0.25, -0.2) is 9.18 Å². The second kappa shape index (κ2) is 2.99. The molecule has 0 aliphatic heterocycles. The molecule has 0 fully saturated rings. The molecule has 1 aromatic carbocycles. The van der Waals surface area contributed by atoms with Crippen molar-refractivity contribution in [3.8, 4) is 0 Å². The van der Waals surface area contributed by atoms with Crippen LogP contribution in [0.2, 0.25) is 0 Å². The molecule has 0 saturated carbocycles. The summed E-state index contributed by atoms with van der Waals surface area (Å²) < 4.78 is 14.2. The van der Waals surface area contributed by atoms with Gasteiger partial charge in [-0.2, -0.15) is 0 Å². The third kappa shape index (κ3) is 1.15. The first kappa shape index (κ1) is 9.02. The van der Waals surface area contributed by atoms with Gasteiger partial charge < -0.3 is 5.11 Å². The molecule has 0 aliphatic carbocycles. The zero-order chi connectivity index (χ0) is 10.3. The summed E-state index contributed by atoms with van der Waals surface area (Å²) >= 11 is 5.68. The van der Waals surface area contributed by atoms with Crippen molar-refractivity contribution in [1.29, 1.82) is 0 Å². The maximum atomic E-state index is 13.2. The normalized spacial score (nSPS) is 10.7. The highest BCUT2D eigenvalue weighted by atomic mass is 35.5. The van der Waals surface area contributed by atoms with Gasteiger partial charge in [0.05, 0.1) is 5.52 Å². The van der Waals surface area contributed by atoms with Crippen LogP contribution >= 0.6 is 11.8 Å². The van der Waals surface area contributed by atoms with Crippen molar-refractivity contribution in [3.05, 3.63) is 35.8 Å². The predicted octanol–water partition coefficient (Wildman–Crippen LogP) is 2.48. The first-order valence-corrected chi connectivity index (χ1v) is 4.14. The average molecular weight is 214 g/mol.